The van der Waals surface area contributed by atoms with E-state index in [-0.39, 0.29) is 5.91 Å². The first kappa shape index (κ1) is 23.7. The molecule has 1 saturated heterocycles. The van der Waals surface area contributed by atoms with Crippen molar-refractivity contribution in [2.24, 2.45) is 0 Å². The van der Waals surface area contributed by atoms with Gasteiger partial charge in [0.1, 0.15) is 11.4 Å². The highest BCUT2D eigenvalue weighted by atomic mass is 16.5. The summed E-state index contributed by atoms with van der Waals surface area (Å²) < 4.78 is 11.7. The number of nitrogens with one attached hydrogen (secondary N) is 1. The van der Waals surface area contributed by atoms with Crippen LogP contribution >= 0.6 is 0 Å². The van der Waals surface area contributed by atoms with Gasteiger partial charge in [-0.05, 0) is 77.3 Å². The van der Waals surface area contributed by atoms with Crippen LogP contribution in [0.15, 0.2) is 24.3 Å². The maximum absolute atomic E-state index is 12.7. The van der Waals surface area contributed by atoms with Crippen molar-refractivity contribution in [3.63, 3.8) is 0 Å². The number of carbonyl (C=O) groups is 1. The molecule has 0 saturated carbocycles. The number of amides is 1. The van der Waals surface area contributed by atoms with Crippen molar-refractivity contribution < 1.29 is 14.3 Å². The number of rotatable bonds is 12. The Morgan fingerprint density at radius 2 is 1.97 bits per heavy atom. The largest absolute Gasteiger partial charge is 0.494 e. The summed E-state index contributed by atoms with van der Waals surface area (Å²) >= 11 is 0. The first-order chi connectivity index (χ1) is 14.0. The molecule has 1 heterocycles. The number of carbonyl (C=O) groups excluding carboxylic acids is 1. The molecule has 2 rings (SSSR count). The number of likely N-dealkylation sites (tertiary alicyclic amines) is 1. The average Bonchev–Trinajstić information content (AvgIpc) is 2.72. The minimum Gasteiger partial charge on any atom is -0.494 e. The van der Waals surface area contributed by atoms with Crippen LogP contribution in [0.3, 0.4) is 0 Å². The van der Waals surface area contributed by atoms with E-state index in [2.05, 4.69) is 24.1 Å². The Balaban J connectivity index is 1.77. The van der Waals surface area contributed by atoms with Crippen LogP contribution in [0.4, 0.5) is 5.69 Å². The zero-order valence-electron chi connectivity index (χ0n) is 18.8. The van der Waals surface area contributed by atoms with Gasteiger partial charge in [-0.2, -0.15) is 0 Å². The second-order valence-electron chi connectivity index (χ2n) is 8.33. The summed E-state index contributed by atoms with van der Waals surface area (Å²) in [5.41, 5.74) is -0.0159. The smallest absolute Gasteiger partial charge is 0.256 e. The minimum absolute atomic E-state index is 0.0860. The normalized spacial score (nSPS) is 19.5. The molecule has 0 unspecified atom stereocenters. The van der Waals surface area contributed by atoms with Gasteiger partial charge in [-0.3, -0.25) is 4.79 Å². The Morgan fingerprint density at radius 1 is 1.21 bits per heavy atom. The van der Waals surface area contributed by atoms with Crippen LogP contribution < -0.4 is 10.1 Å². The summed E-state index contributed by atoms with van der Waals surface area (Å²) in [5.74, 6) is 0.755. The standard InChI is InChI=1S/C24H40N2O3/c1-5-7-16-24(4,29-6-2)23(27)25-21-12-14-22(15-13-21)28-19-10-18-26-17-9-8-11-20(26)3/h12-15,20H,5-11,16-19H2,1-4H3,(H,25,27)/t20-,24+/m1/s1. The van der Waals surface area contributed by atoms with Gasteiger partial charge in [0.2, 0.25) is 0 Å². The lowest BCUT2D eigenvalue weighted by Crippen LogP contribution is -2.42. The van der Waals surface area contributed by atoms with Gasteiger partial charge < -0.3 is 19.7 Å². The molecule has 1 aromatic carbocycles. The molecule has 5 heteroatoms. The Kier molecular flexibility index (Phi) is 9.95. The molecule has 0 radical (unpaired) electrons. The third-order valence-electron chi connectivity index (χ3n) is 5.86. The van der Waals surface area contributed by atoms with Crippen LogP contribution in [-0.2, 0) is 9.53 Å². The quantitative estimate of drug-likeness (QED) is 0.483. The monoisotopic (exact) mass is 404 g/mol. The summed E-state index contributed by atoms with van der Waals surface area (Å²) in [4.78, 5) is 15.3. The molecule has 1 amide bonds. The molecule has 1 fully saturated rings. The number of piperidine rings is 1. The van der Waals surface area contributed by atoms with E-state index in [0.29, 0.717) is 19.3 Å². The fourth-order valence-electron chi connectivity index (χ4n) is 3.93. The van der Waals surface area contributed by atoms with Crippen molar-refractivity contribution >= 4 is 11.6 Å². The molecule has 164 valence electrons. The highest BCUT2D eigenvalue weighted by Gasteiger charge is 2.33. The zero-order chi connectivity index (χ0) is 21.1. The lowest BCUT2D eigenvalue weighted by atomic mass is 9.97. The number of nitrogens with zero attached hydrogens (tertiary/aromatic N) is 1. The van der Waals surface area contributed by atoms with E-state index in [4.69, 9.17) is 9.47 Å². The molecule has 0 aromatic heterocycles. The van der Waals surface area contributed by atoms with Crippen LogP contribution in [0.25, 0.3) is 0 Å². The van der Waals surface area contributed by atoms with Crippen LogP contribution in [-0.4, -0.2) is 48.8 Å². The van der Waals surface area contributed by atoms with E-state index in [0.717, 1.165) is 43.7 Å². The lowest BCUT2D eigenvalue weighted by Gasteiger charge is -2.33. The molecule has 0 aliphatic carbocycles. The van der Waals surface area contributed by atoms with Gasteiger partial charge in [0, 0.05) is 24.9 Å². The summed E-state index contributed by atoms with van der Waals surface area (Å²) in [6.45, 7) is 11.8. The van der Waals surface area contributed by atoms with E-state index in [1.165, 1.54) is 25.8 Å². The molecular weight excluding hydrogens is 364 g/mol. The van der Waals surface area contributed by atoms with Gasteiger partial charge >= 0.3 is 0 Å². The van der Waals surface area contributed by atoms with Gasteiger partial charge in [0.15, 0.2) is 0 Å². The van der Waals surface area contributed by atoms with Gasteiger partial charge in [-0.1, -0.05) is 26.2 Å². The van der Waals surface area contributed by atoms with Gasteiger partial charge in [0.25, 0.3) is 5.91 Å². The number of benzene rings is 1. The summed E-state index contributed by atoms with van der Waals surface area (Å²) in [6.07, 6.45) is 7.76. The zero-order valence-corrected chi connectivity index (χ0v) is 18.8. The number of unbranched alkanes of at least 4 members (excludes halogenated alkanes) is 1. The molecular formula is C24H40N2O3. The summed E-state index contributed by atoms with van der Waals surface area (Å²) in [5, 5.41) is 2.99. The van der Waals surface area contributed by atoms with Crippen molar-refractivity contribution in [3.05, 3.63) is 24.3 Å². The highest BCUT2D eigenvalue weighted by molar-refractivity contribution is 5.97. The lowest BCUT2D eigenvalue weighted by molar-refractivity contribution is -0.139. The van der Waals surface area contributed by atoms with E-state index in [1.54, 1.807) is 0 Å². The predicted octanol–water partition coefficient (Wildman–Crippen LogP) is 5.25. The molecule has 5 nitrogen and oxygen atoms in total. The molecule has 2 atom stereocenters. The summed E-state index contributed by atoms with van der Waals surface area (Å²) in [7, 11) is 0. The number of hydrogen-bond donors (Lipinski definition) is 1. The minimum atomic E-state index is -0.786. The van der Waals surface area contributed by atoms with Crippen LogP contribution in [0, 0.1) is 0 Å². The first-order valence-corrected chi connectivity index (χ1v) is 11.4. The van der Waals surface area contributed by atoms with Gasteiger partial charge in [-0.15, -0.1) is 0 Å². The molecule has 0 bridgehead atoms. The third-order valence-corrected chi connectivity index (χ3v) is 5.86. The second kappa shape index (κ2) is 12.2. The Labute approximate surface area is 177 Å². The topological polar surface area (TPSA) is 50.8 Å². The van der Waals surface area contributed by atoms with Crippen molar-refractivity contribution in [2.75, 3.05) is 31.6 Å². The van der Waals surface area contributed by atoms with E-state index in [9.17, 15) is 4.79 Å². The van der Waals surface area contributed by atoms with Crippen molar-refractivity contribution in [1.82, 2.24) is 4.90 Å². The van der Waals surface area contributed by atoms with Crippen molar-refractivity contribution in [1.29, 1.82) is 0 Å². The number of ether oxygens (including phenoxy) is 2. The molecule has 1 aliphatic rings. The molecule has 1 aliphatic heterocycles. The Bertz CT molecular complexity index is 605. The van der Waals surface area contributed by atoms with Crippen LogP contribution in [0.1, 0.15) is 72.6 Å². The number of hydrogen-bond acceptors (Lipinski definition) is 4. The van der Waals surface area contributed by atoms with E-state index >= 15 is 0 Å². The van der Waals surface area contributed by atoms with E-state index < -0.39 is 5.60 Å². The Hall–Kier alpha value is -1.59. The fraction of sp³-hybridized carbons (Fsp3) is 0.708. The first-order valence-electron chi connectivity index (χ1n) is 11.4. The predicted molar refractivity (Wildman–Crippen MR) is 120 cm³/mol. The maximum Gasteiger partial charge on any atom is 0.256 e. The third kappa shape index (κ3) is 7.63. The fourth-order valence-corrected chi connectivity index (χ4v) is 3.93. The maximum atomic E-state index is 12.7. The molecule has 29 heavy (non-hydrogen) atoms. The molecule has 0 spiro atoms. The average molecular weight is 405 g/mol. The van der Waals surface area contributed by atoms with Gasteiger partial charge in [0.05, 0.1) is 6.61 Å². The number of anilines is 1. The highest BCUT2D eigenvalue weighted by Crippen LogP contribution is 2.23. The van der Waals surface area contributed by atoms with Gasteiger partial charge in [-0.25, -0.2) is 0 Å². The molecule has 1 aromatic rings. The SMILES string of the molecule is CCCC[C@](C)(OCC)C(=O)Nc1ccc(OCCCN2CCCC[C@H]2C)cc1. The second-order valence-corrected chi connectivity index (χ2v) is 8.33. The molecule has 1 N–H and O–H groups in total. The summed E-state index contributed by atoms with van der Waals surface area (Å²) in [6, 6.07) is 8.33. The van der Waals surface area contributed by atoms with Crippen LogP contribution in [0.5, 0.6) is 5.75 Å². The van der Waals surface area contributed by atoms with Crippen molar-refractivity contribution in [2.45, 2.75) is 84.3 Å². The van der Waals surface area contributed by atoms with Crippen LogP contribution in [0.2, 0.25) is 0 Å². The Morgan fingerprint density at radius 3 is 2.62 bits per heavy atom. The van der Waals surface area contributed by atoms with Crippen molar-refractivity contribution in [3.8, 4) is 5.75 Å². The van der Waals surface area contributed by atoms with E-state index in [1.807, 2.05) is 38.1 Å².